The van der Waals surface area contributed by atoms with Crippen molar-refractivity contribution in [1.82, 2.24) is 19.9 Å². The first-order valence-electron chi connectivity index (χ1n) is 21.6. The Morgan fingerprint density at radius 3 is 1.53 bits per heavy atom. The first kappa shape index (κ1) is 36.6. The van der Waals surface area contributed by atoms with Crippen LogP contribution in [0.15, 0.2) is 228 Å². The van der Waals surface area contributed by atoms with E-state index in [-0.39, 0.29) is 0 Å². The molecular formula is C59H36N4S. The molecule has 13 rings (SSSR count). The number of rotatable bonds is 5. The van der Waals surface area contributed by atoms with Gasteiger partial charge in [-0.3, -0.25) is 0 Å². The number of hydrogen-bond donors (Lipinski definition) is 0. The first-order valence-corrected chi connectivity index (χ1v) is 22.4. The van der Waals surface area contributed by atoms with Gasteiger partial charge in [0, 0.05) is 42.8 Å². The highest BCUT2D eigenvalue weighted by Gasteiger charge is 2.50. The fourth-order valence-electron chi connectivity index (χ4n) is 10.1. The van der Waals surface area contributed by atoms with E-state index in [9.17, 15) is 0 Å². The Morgan fingerprint density at radius 2 is 0.812 bits per heavy atom. The second-order valence-corrected chi connectivity index (χ2v) is 17.6. The highest BCUT2D eigenvalue weighted by atomic mass is 32.2. The van der Waals surface area contributed by atoms with E-state index in [1.807, 2.05) is 48.2 Å². The molecule has 0 atom stereocenters. The number of pyridine rings is 1. The molecule has 3 heterocycles. The van der Waals surface area contributed by atoms with Crippen molar-refractivity contribution in [3.05, 3.63) is 241 Å². The summed E-state index contributed by atoms with van der Waals surface area (Å²) in [4.78, 5) is 23.3. The summed E-state index contributed by atoms with van der Waals surface area (Å²) in [7, 11) is 0. The lowest BCUT2D eigenvalue weighted by atomic mass is 9.67. The summed E-state index contributed by atoms with van der Waals surface area (Å²) in [5.41, 5.74) is 15.3. The summed E-state index contributed by atoms with van der Waals surface area (Å²) in [6.45, 7) is 0. The van der Waals surface area contributed by atoms with Crippen LogP contribution in [-0.4, -0.2) is 19.9 Å². The van der Waals surface area contributed by atoms with Crippen molar-refractivity contribution in [3.63, 3.8) is 0 Å². The molecule has 0 bridgehead atoms. The van der Waals surface area contributed by atoms with Crippen LogP contribution in [0.5, 0.6) is 0 Å². The standard InChI is InChI=1S/C59H36N4S/c1-3-16-37(17-4-1)38-30-32-40(33-31-38)57-61-56(39-18-5-2-6-19-39)62-58(63-57)42-21-15-20-41(34-42)55-47-36-54-51(35-46(47)45-24-9-13-28-52(45)60-55)59(50-27-12-14-29-53(50)64-54)48-25-10-7-22-43(48)44-23-8-11-26-49(44)59/h1-36H. The van der Waals surface area contributed by atoms with E-state index in [2.05, 4.69) is 182 Å². The Labute approximate surface area is 375 Å². The van der Waals surface area contributed by atoms with E-state index in [0.717, 1.165) is 49.8 Å². The number of benzene rings is 9. The van der Waals surface area contributed by atoms with Crippen LogP contribution in [0.1, 0.15) is 22.3 Å². The van der Waals surface area contributed by atoms with Crippen LogP contribution in [0.25, 0.3) is 89.4 Å². The molecule has 0 unspecified atom stereocenters. The Hall–Kier alpha value is -7.99. The van der Waals surface area contributed by atoms with Crippen molar-refractivity contribution >= 4 is 33.4 Å². The number of aromatic nitrogens is 4. The Bertz CT molecular complexity index is 3600. The molecule has 0 saturated heterocycles. The lowest BCUT2D eigenvalue weighted by Gasteiger charge is -2.40. The van der Waals surface area contributed by atoms with E-state index in [1.165, 1.54) is 54.1 Å². The number of nitrogens with zero attached hydrogens (tertiary/aromatic N) is 4. The van der Waals surface area contributed by atoms with Gasteiger partial charge in [-0.05, 0) is 80.2 Å². The topological polar surface area (TPSA) is 51.6 Å². The maximum absolute atomic E-state index is 5.46. The molecule has 0 N–H and O–H groups in total. The third-order valence-corrected chi connectivity index (χ3v) is 14.1. The smallest absolute Gasteiger partial charge is 0.164 e. The molecule has 2 aromatic heterocycles. The molecule has 1 aliphatic heterocycles. The van der Waals surface area contributed by atoms with Gasteiger partial charge >= 0.3 is 0 Å². The minimum absolute atomic E-state index is 0.474. The first-order chi connectivity index (χ1) is 31.7. The van der Waals surface area contributed by atoms with Crippen LogP contribution < -0.4 is 0 Å². The molecule has 11 aromatic rings. The highest BCUT2D eigenvalue weighted by Crippen LogP contribution is 2.62. The van der Waals surface area contributed by atoms with Gasteiger partial charge in [0.25, 0.3) is 0 Å². The van der Waals surface area contributed by atoms with E-state index < -0.39 is 5.41 Å². The summed E-state index contributed by atoms with van der Waals surface area (Å²) in [5.74, 6) is 1.85. The van der Waals surface area contributed by atoms with Gasteiger partial charge in [0.2, 0.25) is 0 Å². The average molecular weight is 833 g/mol. The normalized spacial score (nSPS) is 13.1. The van der Waals surface area contributed by atoms with Gasteiger partial charge in [-0.2, -0.15) is 0 Å². The third-order valence-electron chi connectivity index (χ3n) is 13.0. The van der Waals surface area contributed by atoms with Gasteiger partial charge in [0.05, 0.1) is 16.6 Å². The molecule has 9 aromatic carbocycles. The molecule has 298 valence electrons. The highest BCUT2D eigenvalue weighted by molar-refractivity contribution is 7.99. The second kappa shape index (κ2) is 14.6. The van der Waals surface area contributed by atoms with Gasteiger partial charge in [-0.15, -0.1) is 0 Å². The third kappa shape index (κ3) is 5.64. The van der Waals surface area contributed by atoms with Crippen LogP contribution in [-0.2, 0) is 5.41 Å². The summed E-state index contributed by atoms with van der Waals surface area (Å²) >= 11 is 1.86. The van der Waals surface area contributed by atoms with E-state index in [4.69, 9.17) is 19.9 Å². The SMILES string of the molecule is c1ccc(-c2ccc(-c3nc(-c4ccccc4)nc(-c4cccc(-c5nc6ccccc6c6cc7c(cc56)Sc5ccccc5C75c6ccccc6-c6ccccc65)c4)n3)cc2)cc1. The minimum Gasteiger partial charge on any atom is -0.247 e. The Morgan fingerprint density at radius 1 is 0.297 bits per heavy atom. The molecule has 4 nitrogen and oxygen atoms in total. The number of fused-ring (bicyclic) bond motifs is 12. The van der Waals surface area contributed by atoms with Gasteiger partial charge in [0.15, 0.2) is 17.5 Å². The summed E-state index contributed by atoms with van der Waals surface area (Å²) in [6, 6.07) is 78.0. The predicted octanol–water partition coefficient (Wildman–Crippen LogP) is 14.7. The van der Waals surface area contributed by atoms with Crippen molar-refractivity contribution in [2.75, 3.05) is 0 Å². The van der Waals surface area contributed by atoms with Crippen molar-refractivity contribution in [2.45, 2.75) is 15.2 Å². The quantitative estimate of drug-likeness (QED) is 0.162. The fourth-order valence-corrected chi connectivity index (χ4v) is 11.3. The van der Waals surface area contributed by atoms with E-state index >= 15 is 0 Å². The number of para-hydroxylation sites is 1. The van der Waals surface area contributed by atoms with Crippen molar-refractivity contribution in [3.8, 4) is 67.7 Å². The maximum Gasteiger partial charge on any atom is 0.164 e. The molecule has 64 heavy (non-hydrogen) atoms. The van der Waals surface area contributed by atoms with Gasteiger partial charge in [-0.25, -0.2) is 19.9 Å². The van der Waals surface area contributed by atoms with Crippen molar-refractivity contribution in [1.29, 1.82) is 0 Å². The van der Waals surface area contributed by atoms with E-state index in [0.29, 0.717) is 17.5 Å². The minimum atomic E-state index is -0.474. The zero-order valence-corrected chi connectivity index (χ0v) is 35.3. The maximum atomic E-state index is 5.46. The zero-order valence-electron chi connectivity index (χ0n) is 34.5. The van der Waals surface area contributed by atoms with Crippen LogP contribution in [0.2, 0.25) is 0 Å². The van der Waals surface area contributed by atoms with Crippen LogP contribution >= 0.6 is 11.8 Å². The van der Waals surface area contributed by atoms with Crippen molar-refractivity contribution in [2.24, 2.45) is 0 Å². The van der Waals surface area contributed by atoms with Gasteiger partial charge < -0.3 is 0 Å². The monoisotopic (exact) mass is 832 g/mol. The molecule has 0 saturated carbocycles. The van der Waals surface area contributed by atoms with Crippen LogP contribution in [0.4, 0.5) is 0 Å². The molecule has 2 aliphatic rings. The lowest BCUT2D eigenvalue weighted by molar-refractivity contribution is 0.724. The fraction of sp³-hybridized carbons (Fsp3) is 0.0169. The number of hydrogen-bond acceptors (Lipinski definition) is 5. The molecular weight excluding hydrogens is 797 g/mol. The second-order valence-electron chi connectivity index (χ2n) is 16.5. The molecule has 0 fully saturated rings. The molecule has 1 spiro atoms. The molecule has 0 amide bonds. The summed E-state index contributed by atoms with van der Waals surface area (Å²) < 4.78 is 0. The largest absolute Gasteiger partial charge is 0.247 e. The van der Waals surface area contributed by atoms with Crippen LogP contribution in [0, 0.1) is 0 Å². The van der Waals surface area contributed by atoms with Crippen molar-refractivity contribution < 1.29 is 0 Å². The Kier molecular flexibility index (Phi) is 8.33. The van der Waals surface area contributed by atoms with Crippen LogP contribution in [0.3, 0.4) is 0 Å². The average Bonchev–Trinajstić information content (AvgIpc) is 3.66. The lowest BCUT2D eigenvalue weighted by Crippen LogP contribution is -2.32. The molecule has 1 aliphatic carbocycles. The van der Waals surface area contributed by atoms with Gasteiger partial charge in [-0.1, -0.05) is 200 Å². The molecule has 0 radical (unpaired) electrons. The van der Waals surface area contributed by atoms with Gasteiger partial charge in [0.1, 0.15) is 0 Å². The van der Waals surface area contributed by atoms with E-state index in [1.54, 1.807) is 0 Å². The Balaban J connectivity index is 1.01. The predicted molar refractivity (Wildman–Crippen MR) is 261 cm³/mol. The zero-order chi connectivity index (χ0) is 42.2. The molecule has 5 heteroatoms. The summed E-state index contributed by atoms with van der Waals surface area (Å²) in [6.07, 6.45) is 0. The summed E-state index contributed by atoms with van der Waals surface area (Å²) in [5, 5.41) is 3.42.